The SMILES string of the molecule is COc1ccccc1OCc1ccccc1C(=N)N.Cl. The molecule has 0 saturated heterocycles. The molecule has 0 aliphatic heterocycles. The number of hydrogen-bond acceptors (Lipinski definition) is 3. The van der Waals surface area contributed by atoms with E-state index in [1.807, 2.05) is 48.5 Å². The van der Waals surface area contributed by atoms with Gasteiger partial charge in [0.15, 0.2) is 11.5 Å². The smallest absolute Gasteiger partial charge is 0.161 e. The molecule has 0 radical (unpaired) electrons. The van der Waals surface area contributed by atoms with Gasteiger partial charge < -0.3 is 15.2 Å². The van der Waals surface area contributed by atoms with E-state index < -0.39 is 0 Å². The first-order valence-corrected chi connectivity index (χ1v) is 5.90. The molecule has 0 spiro atoms. The van der Waals surface area contributed by atoms with Gasteiger partial charge in [-0.3, -0.25) is 5.41 Å². The molecular weight excluding hydrogens is 276 g/mol. The topological polar surface area (TPSA) is 68.3 Å². The Kier molecular flexibility index (Phi) is 5.87. The number of halogens is 1. The lowest BCUT2D eigenvalue weighted by Gasteiger charge is -2.12. The van der Waals surface area contributed by atoms with E-state index in [2.05, 4.69) is 0 Å². The van der Waals surface area contributed by atoms with Crippen LogP contribution in [0.25, 0.3) is 0 Å². The van der Waals surface area contributed by atoms with Gasteiger partial charge >= 0.3 is 0 Å². The fraction of sp³-hybridized carbons (Fsp3) is 0.133. The summed E-state index contributed by atoms with van der Waals surface area (Å²) >= 11 is 0. The number of amidine groups is 1. The van der Waals surface area contributed by atoms with Gasteiger partial charge in [0, 0.05) is 11.1 Å². The van der Waals surface area contributed by atoms with Crippen LogP contribution >= 0.6 is 12.4 Å². The van der Waals surface area contributed by atoms with E-state index in [1.165, 1.54) is 0 Å². The number of ether oxygens (including phenoxy) is 2. The number of nitrogens with two attached hydrogens (primary N) is 1. The Labute approximate surface area is 124 Å². The second kappa shape index (κ2) is 7.40. The molecule has 0 aliphatic rings. The summed E-state index contributed by atoms with van der Waals surface area (Å²) in [4.78, 5) is 0. The average molecular weight is 293 g/mol. The summed E-state index contributed by atoms with van der Waals surface area (Å²) in [5, 5.41) is 7.54. The Morgan fingerprint density at radius 1 is 1.05 bits per heavy atom. The van der Waals surface area contributed by atoms with Crippen molar-refractivity contribution in [2.75, 3.05) is 7.11 Å². The van der Waals surface area contributed by atoms with Gasteiger partial charge in [0.05, 0.1) is 7.11 Å². The first-order valence-electron chi connectivity index (χ1n) is 5.90. The van der Waals surface area contributed by atoms with Crippen molar-refractivity contribution in [1.29, 1.82) is 5.41 Å². The summed E-state index contributed by atoms with van der Waals surface area (Å²) in [6.45, 7) is 0.343. The molecule has 20 heavy (non-hydrogen) atoms. The van der Waals surface area contributed by atoms with Gasteiger partial charge in [-0.25, -0.2) is 0 Å². The highest BCUT2D eigenvalue weighted by molar-refractivity contribution is 5.96. The van der Waals surface area contributed by atoms with Crippen LogP contribution in [0, 0.1) is 5.41 Å². The van der Waals surface area contributed by atoms with E-state index in [1.54, 1.807) is 7.11 Å². The van der Waals surface area contributed by atoms with E-state index in [4.69, 9.17) is 20.6 Å². The molecule has 3 N–H and O–H groups in total. The lowest BCUT2D eigenvalue weighted by Crippen LogP contribution is -2.14. The molecule has 2 aromatic rings. The van der Waals surface area contributed by atoms with Gasteiger partial charge in [-0.2, -0.15) is 0 Å². The van der Waals surface area contributed by atoms with Crippen molar-refractivity contribution in [3.63, 3.8) is 0 Å². The lowest BCUT2D eigenvalue weighted by atomic mass is 10.1. The van der Waals surface area contributed by atoms with Crippen molar-refractivity contribution in [2.24, 2.45) is 5.73 Å². The Morgan fingerprint density at radius 2 is 1.65 bits per heavy atom. The standard InChI is InChI=1S/C15H16N2O2.ClH/c1-18-13-8-4-5-9-14(13)19-10-11-6-2-3-7-12(11)15(16)17;/h2-9H,10H2,1H3,(H3,16,17);1H. The summed E-state index contributed by atoms with van der Waals surface area (Å²) < 4.78 is 10.9. The Hall–Kier alpha value is -2.20. The number of para-hydroxylation sites is 2. The van der Waals surface area contributed by atoms with Crippen LogP contribution < -0.4 is 15.2 Å². The summed E-state index contributed by atoms with van der Waals surface area (Å²) in [6.07, 6.45) is 0. The average Bonchev–Trinajstić information content (AvgIpc) is 2.45. The highest BCUT2D eigenvalue weighted by atomic mass is 35.5. The van der Waals surface area contributed by atoms with Gasteiger partial charge in [0.25, 0.3) is 0 Å². The molecule has 0 aliphatic carbocycles. The minimum Gasteiger partial charge on any atom is -0.493 e. The van der Waals surface area contributed by atoms with E-state index in [9.17, 15) is 0 Å². The van der Waals surface area contributed by atoms with Crippen molar-refractivity contribution in [3.8, 4) is 11.5 Å². The van der Waals surface area contributed by atoms with E-state index in [0.29, 0.717) is 23.7 Å². The monoisotopic (exact) mass is 292 g/mol. The first-order chi connectivity index (χ1) is 9.22. The number of rotatable bonds is 5. The van der Waals surface area contributed by atoms with Crippen molar-refractivity contribution < 1.29 is 9.47 Å². The Balaban J connectivity index is 0.00000200. The maximum atomic E-state index is 7.54. The summed E-state index contributed by atoms with van der Waals surface area (Å²) in [7, 11) is 1.60. The molecule has 0 bridgehead atoms. The molecule has 2 rings (SSSR count). The molecular formula is C15H17ClN2O2. The van der Waals surface area contributed by atoms with Gasteiger partial charge in [0.2, 0.25) is 0 Å². The van der Waals surface area contributed by atoms with Gasteiger partial charge in [-0.05, 0) is 12.1 Å². The molecule has 0 fully saturated rings. The highest BCUT2D eigenvalue weighted by Crippen LogP contribution is 2.26. The van der Waals surface area contributed by atoms with Gasteiger partial charge in [0.1, 0.15) is 12.4 Å². The number of nitrogen functional groups attached to an aromatic ring is 1. The molecule has 0 aromatic heterocycles. The second-order valence-corrected chi connectivity index (χ2v) is 4.01. The summed E-state index contributed by atoms with van der Waals surface area (Å²) in [5.74, 6) is 1.39. The van der Waals surface area contributed by atoms with Crippen molar-refractivity contribution in [1.82, 2.24) is 0 Å². The van der Waals surface area contributed by atoms with Gasteiger partial charge in [-0.15, -0.1) is 12.4 Å². The summed E-state index contributed by atoms with van der Waals surface area (Å²) in [5.41, 5.74) is 7.11. The number of nitrogens with one attached hydrogen (secondary N) is 1. The van der Waals surface area contributed by atoms with Crippen molar-refractivity contribution >= 4 is 18.2 Å². The van der Waals surface area contributed by atoms with Crippen LogP contribution in [0.4, 0.5) is 0 Å². The van der Waals surface area contributed by atoms with Crippen LogP contribution in [0.5, 0.6) is 11.5 Å². The Morgan fingerprint density at radius 3 is 2.30 bits per heavy atom. The molecule has 0 saturated carbocycles. The van der Waals surface area contributed by atoms with Crippen LogP contribution in [-0.2, 0) is 6.61 Å². The zero-order valence-corrected chi connectivity index (χ0v) is 11.9. The van der Waals surface area contributed by atoms with Crippen LogP contribution in [0.1, 0.15) is 11.1 Å². The predicted octanol–water partition coefficient (Wildman–Crippen LogP) is 2.98. The molecule has 5 heteroatoms. The normalized spacial score (nSPS) is 9.45. The number of hydrogen-bond donors (Lipinski definition) is 2. The van der Waals surface area contributed by atoms with Crippen molar-refractivity contribution in [3.05, 3.63) is 59.7 Å². The second-order valence-electron chi connectivity index (χ2n) is 4.01. The molecule has 106 valence electrons. The third kappa shape index (κ3) is 3.65. The zero-order chi connectivity index (χ0) is 13.7. The van der Waals surface area contributed by atoms with Crippen LogP contribution in [0.15, 0.2) is 48.5 Å². The maximum absolute atomic E-state index is 7.54. The minimum absolute atomic E-state index is 0. The fourth-order valence-electron chi connectivity index (χ4n) is 1.80. The summed E-state index contributed by atoms with van der Waals surface area (Å²) in [6, 6.07) is 14.9. The molecule has 4 nitrogen and oxygen atoms in total. The third-order valence-electron chi connectivity index (χ3n) is 2.76. The van der Waals surface area contributed by atoms with Gasteiger partial charge in [-0.1, -0.05) is 36.4 Å². The molecule has 0 heterocycles. The quantitative estimate of drug-likeness (QED) is 0.657. The largest absolute Gasteiger partial charge is 0.493 e. The third-order valence-corrected chi connectivity index (χ3v) is 2.76. The minimum atomic E-state index is 0. The van der Waals surface area contributed by atoms with Crippen LogP contribution in [-0.4, -0.2) is 12.9 Å². The highest BCUT2D eigenvalue weighted by Gasteiger charge is 2.07. The molecule has 0 unspecified atom stereocenters. The zero-order valence-electron chi connectivity index (χ0n) is 11.1. The molecule has 2 aromatic carbocycles. The molecule has 0 amide bonds. The number of methoxy groups -OCH3 is 1. The van der Waals surface area contributed by atoms with Crippen molar-refractivity contribution in [2.45, 2.75) is 6.61 Å². The van der Waals surface area contributed by atoms with E-state index in [-0.39, 0.29) is 18.2 Å². The Bertz CT molecular complexity index is 588. The van der Waals surface area contributed by atoms with Crippen LogP contribution in [0.2, 0.25) is 0 Å². The number of benzene rings is 2. The predicted molar refractivity (Wildman–Crippen MR) is 82.0 cm³/mol. The van der Waals surface area contributed by atoms with Crippen LogP contribution in [0.3, 0.4) is 0 Å². The fourth-order valence-corrected chi connectivity index (χ4v) is 1.80. The maximum Gasteiger partial charge on any atom is 0.161 e. The van der Waals surface area contributed by atoms with E-state index in [0.717, 1.165) is 5.56 Å². The molecule has 0 atom stereocenters. The lowest BCUT2D eigenvalue weighted by molar-refractivity contribution is 0.284. The van der Waals surface area contributed by atoms with E-state index >= 15 is 0 Å². The first kappa shape index (κ1) is 15.9.